The number of hydrogen-bond acceptors (Lipinski definition) is 5. The fraction of sp³-hybridized carbons (Fsp3) is 0.500. The molecule has 7 heteroatoms. The summed E-state index contributed by atoms with van der Waals surface area (Å²) >= 11 is 5.80. The Bertz CT molecular complexity index is 496. The first-order valence-corrected chi connectivity index (χ1v) is 7.09. The topological polar surface area (TPSA) is 88.0 Å². The van der Waals surface area contributed by atoms with Gasteiger partial charge in [-0.25, -0.2) is 0 Å². The van der Waals surface area contributed by atoms with E-state index in [4.69, 9.17) is 26.2 Å². The van der Waals surface area contributed by atoms with Gasteiger partial charge in [-0.2, -0.15) is 0 Å². The van der Waals surface area contributed by atoms with Crippen molar-refractivity contribution in [1.82, 2.24) is 5.32 Å². The SMILES string of the molecule is O=C(N[C@@H]1CCOC[C@H]1OCCO)c1ccc(O)c(Cl)c1. The summed E-state index contributed by atoms with van der Waals surface area (Å²) in [7, 11) is 0. The minimum Gasteiger partial charge on any atom is -0.506 e. The van der Waals surface area contributed by atoms with Crippen LogP contribution in [0.15, 0.2) is 18.2 Å². The van der Waals surface area contributed by atoms with Crippen LogP contribution in [0.3, 0.4) is 0 Å². The lowest BCUT2D eigenvalue weighted by atomic mass is 10.1. The normalized spacial score (nSPS) is 22.0. The minimum atomic E-state index is -0.290. The van der Waals surface area contributed by atoms with E-state index in [1.54, 1.807) is 0 Å². The Balaban J connectivity index is 2.00. The second kappa shape index (κ2) is 7.61. The van der Waals surface area contributed by atoms with Gasteiger partial charge in [0.25, 0.3) is 5.91 Å². The molecule has 0 radical (unpaired) electrons. The molecule has 0 bridgehead atoms. The summed E-state index contributed by atoms with van der Waals surface area (Å²) in [4.78, 5) is 12.2. The smallest absolute Gasteiger partial charge is 0.251 e. The molecule has 2 rings (SSSR count). The van der Waals surface area contributed by atoms with Crippen LogP contribution in [0.5, 0.6) is 5.75 Å². The van der Waals surface area contributed by atoms with Crippen molar-refractivity contribution in [3.63, 3.8) is 0 Å². The second-order valence-electron chi connectivity index (χ2n) is 4.74. The lowest BCUT2D eigenvalue weighted by molar-refractivity contribution is -0.0737. The zero-order valence-electron chi connectivity index (χ0n) is 11.4. The molecule has 1 aliphatic heterocycles. The van der Waals surface area contributed by atoms with Gasteiger partial charge >= 0.3 is 0 Å². The molecule has 116 valence electrons. The lowest BCUT2D eigenvalue weighted by Crippen LogP contribution is -2.50. The molecule has 1 saturated heterocycles. The van der Waals surface area contributed by atoms with Gasteiger partial charge in [0.1, 0.15) is 11.9 Å². The molecule has 2 atom stereocenters. The number of carbonyl (C=O) groups excluding carboxylic acids is 1. The fourth-order valence-electron chi connectivity index (χ4n) is 2.15. The van der Waals surface area contributed by atoms with E-state index >= 15 is 0 Å². The predicted molar refractivity (Wildman–Crippen MR) is 76.6 cm³/mol. The number of hydrogen-bond donors (Lipinski definition) is 3. The zero-order chi connectivity index (χ0) is 15.2. The maximum Gasteiger partial charge on any atom is 0.251 e. The van der Waals surface area contributed by atoms with Crippen LogP contribution < -0.4 is 5.32 Å². The number of benzene rings is 1. The van der Waals surface area contributed by atoms with Crippen LogP contribution in [-0.2, 0) is 9.47 Å². The van der Waals surface area contributed by atoms with Crippen LogP contribution in [0.1, 0.15) is 16.8 Å². The Labute approximate surface area is 127 Å². The van der Waals surface area contributed by atoms with E-state index in [1.807, 2.05) is 0 Å². The van der Waals surface area contributed by atoms with Crippen molar-refractivity contribution in [3.8, 4) is 5.75 Å². The molecule has 0 aliphatic carbocycles. The summed E-state index contributed by atoms with van der Waals surface area (Å²) < 4.78 is 10.8. The highest BCUT2D eigenvalue weighted by Crippen LogP contribution is 2.23. The van der Waals surface area contributed by atoms with Crippen molar-refractivity contribution in [1.29, 1.82) is 0 Å². The Morgan fingerprint density at radius 1 is 1.52 bits per heavy atom. The van der Waals surface area contributed by atoms with Gasteiger partial charge in [-0.3, -0.25) is 4.79 Å². The van der Waals surface area contributed by atoms with E-state index in [2.05, 4.69) is 5.32 Å². The number of aliphatic hydroxyl groups excluding tert-OH is 1. The van der Waals surface area contributed by atoms with Gasteiger partial charge in [0, 0.05) is 12.2 Å². The highest BCUT2D eigenvalue weighted by Gasteiger charge is 2.28. The number of rotatable bonds is 5. The molecule has 0 spiro atoms. The van der Waals surface area contributed by atoms with E-state index in [0.29, 0.717) is 25.2 Å². The van der Waals surface area contributed by atoms with Gasteiger partial charge in [-0.1, -0.05) is 11.6 Å². The Hall–Kier alpha value is -1.34. The summed E-state index contributed by atoms with van der Waals surface area (Å²) in [5.74, 6) is -0.357. The number of phenolic OH excluding ortho intramolecular Hbond substituents is 1. The maximum absolute atomic E-state index is 12.2. The minimum absolute atomic E-state index is 0.0663. The Morgan fingerprint density at radius 3 is 3.05 bits per heavy atom. The number of aromatic hydroxyl groups is 1. The number of carbonyl (C=O) groups is 1. The van der Waals surface area contributed by atoms with Crippen LogP contribution in [-0.4, -0.2) is 54.7 Å². The molecular formula is C14H18ClNO5. The average Bonchev–Trinajstić information content (AvgIpc) is 2.49. The molecular weight excluding hydrogens is 298 g/mol. The second-order valence-corrected chi connectivity index (χ2v) is 5.15. The third kappa shape index (κ3) is 4.31. The van der Waals surface area contributed by atoms with E-state index < -0.39 is 0 Å². The van der Waals surface area contributed by atoms with Gasteiger partial charge in [0.2, 0.25) is 0 Å². The molecule has 21 heavy (non-hydrogen) atoms. The van der Waals surface area contributed by atoms with E-state index in [0.717, 1.165) is 0 Å². The first kappa shape index (κ1) is 16.0. The molecule has 3 N–H and O–H groups in total. The molecule has 0 unspecified atom stereocenters. The van der Waals surface area contributed by atoms with Gasteiger partial charge in [-0.05, 0) is 24.6 Å². The molecule has 6 nitrogen and oxygen atoms in total. The predicted octanol–water partition coefficient (Wildman–Crippen LogP) is 0.942. The molecule has 0 saturated carbocycles. The van der Waals surface area contributed by atoms with Gasteiger partial charge in [-0.15, -0.1) is 0 Å². The molecule has 1 heterocycles. The number of ether oxygens (including phenoxy) is 2. The van der Waals surface area contributed by atoms with E-state index in [9.17, 15) is 9.90 Å². The lowest BCUT2D eigenvalue weighted by Gasteiger charge is -2.32. The van der Waals surface area contributed by atoms with Crippen molar-refractivity contribution < 1.29 is 24.5 Å². The maximum atomic E-state index is 12.2. The first-order valence-electron chi connectivity index (χ1n) is 6.71. The summed E-state index contributed by atoms with van der Waals surface area (Å²) in [6.45, 7) is 1.04. The zero-order valence-corrected chi connectivity index (χ0v) is 12.2. The number of nitrogens with one attached hydrogen (secondary N) is 1. The van der Waals surface area contributed by atoms with Crippen LogP contribution >= 0.6 is 11.6 Å². The van der Waals surface area contributed by atoms with Crippen molar-refractivity contribution in [2.75, 3.05) is 26.4 Å². The van der Waals surface area contributed by atoms with Crippen LogP contribution in [0.4, 0.5) is 0 Å². The van der Waals surface area contributed by atoms with Gasteiger partial charge in [0.05, 0.1) is 30.9 Å². The van der Waals surface area contributed by atoms with Gasteiger partial charge < -0.3 is 25.0 Å². The largest absolute Gasteiger partial charge is 0.506 e. The van der Waals surface area contributed by atoms with E-state index in [-0.39, 0.29) is 42.0 Å². The quantitative estimate of drug-likeness (QED) is 0.752. The highest BCUT2D eigenvalue weighted by atomic mass is 35.5. The summed E-state index contributed by atoms with van der Waals surface area (Å²) in [6.07, 6.45) is 0.343. The number of phenols is 1. The van der Waals surface area contributed by atoms with Crippen molar-refractivity contribution >= 4 is 17.5 Å². The third-order valence-electron chi connectivity index (χ3n) is 3.25. The number of amides is 1. The van der Waals surface area contributed by atoms with Crippen molar-refractivity contribution in [2.24, 2.45) is 0 Å². The number of halogens is 1. The van der Waals surface area contributed by atoms with Crippen molar-refractivity contribution in [2.45, 2.75) is 18.6 Å². The monoisotopic (exact) mass is 315 g/mol. The van der Waals surface area contributed by atoms with Crippen molar-refractivity contribution in [3.05, 3.63) is 28.8 Å². The third-order valence-corrected chi connectivity index (χ3v) is 3.56. The molecule has 0 aromatic heterocycles. The van der Waals surface area contributed by atoms with Crippen LogP contribution in [0.25, 0.3) is 0 Å². The summed E-state index contributed by atoms with van der Waals surface area (Å²) in [5, 5.41) is 21.2. The Kier molecular flexibility index (Phi) is 5.81. The molecule has 1 aromatic carbocycles. The van der Waals surface area contributed by atoms with Gasteiger partial charge in [0.15, 0.2) is 0 Å². The number of aliphatic hydroxyl groups is 1. The standard InChI is InChI=1S/C14H18ClNO5/c15-10-7-9(1-2-12(10)18)14(19)16-11-3-5-20-8-13(11)21-6-4-17/h1-2,7,11,13,17-18H,3-6,8H2,(H,16,19)/t11-,13-/m1/s1. The fourth-order valence-corrected chi connectivity index (χ4v) is 2.33. The van der Waals surface area contributed by atoms with Crippen LogP contribution in [0.2, 0.25) is 5.02 Å². The van der Waals surface area contributed by atoms with E-state index in [1.165, 1.54) is 18.2 Å². The first-order chi connectivity index (χ1) is 10.1. The molecule has 1 fully saturated rings. The molecule has 1 aromatic rings. The summed E-state index contributed by atoms with van der Waals surface area (Å²) in [6, 6.07) is 4.10. The van der Waals surface area contributed by atoms with Crippen LogP contribution in [0, 0.1) is 0 Å². The molecule has 1 aliphatic rings. The molecule has 1 amide bonds. The Morgan fingerprint density at radius 2 is 2.33 bits per heavy atom. The highest BCUT2D eigenvalue weighted by molar-refractivity contribution is 6.32. The average molecular weight is 316 g/mol. The summed E-state index contributed by atoms with van der Waals surface area (Å²) in [5.41, 5.74) is 0.366.